The highest BCUT2D eigenvalue weighted by Gasteiger charge is 2.12. The minimum atomic E-state index is -0.429. The lowest BCUT2D eigenvalue weighted by atomic mass is 10.1. The highest BCUT2D eigenvalue weighted by Crippen LogP contribution is 2.27. The molecule has 1 unspecified atom stereocenters. The van der Waals surface area contributed by atoms with Gasteiger partial charge in [-0.15, -0.1) is 0 Å². The SMILES string of the molecule is NCC(Nc1ccccc1Br)c1ccc(F)c(Cl)c1. The lowest BCUT2D eigenvalue weighted by Crippen LogP contribution is -2.20. The summed E-state index contributed by atoms with van der Waals surface area (Å²) in [7, 11) is 0. The lowest BCUT2D eigenvalue weighted by Gasteiger charge is -2.20. The maximum Gasteiger partial charge on any atom is 0.141 e. The average molecular weight is 344 g/mol. The normalized spacial score (nSPS) is 12.2. The molecule has 0 aliphatic heterocycles. The Bertz CT molecular complexity index is 577. The molecule has 0 aromatic heterocycles. The van der Waals surface area contributed by atoms with Crippen molar-refractivity contribution < 1.29 is 4.39 Å². The molecule has 1 atom stereocenters. The monoisotopic (exact) mass is 342 g/mol. The predicted octanol–water partition coefficient (Wildman–Crippen LogP) is 4.35. The molecule has 0 aliphatic rings. The first kappa shape index (κ1) is 14.3. The maximum absolute atomic E-state index is 13.2. The summed E-state index contributed by atoms with van der Waals surface area (Å²) in [6, 6.07) is 12.2. The van der Waals surface area contributed by atoms with E-state index in [1.807, 2.05) is 24.3 Å². The van der Waals surface area contributed by atoms with Crippen LogP contribution in [0.3, 0.4) is 0 Å². The van der Waals surface area contributed by atoms with Gasteiger partial charge in [-0.25, -0.2) is 4.39 Å². The van der Waals surface area contributed by atoms with Gasteiger partial charge in [0.15, 0.2) is 0 Å². The largest absolute Gasteiger partial charge is 0.376 e. The molecule has 2 nitrogen and oxygen atoms in total. The third kappa shape index (κ3) is 3.47. The van der Waals surface area contributed by atoms with Gasteiger partial charge >= 0.3 is 0 Å². The lowest BCUT2D eigenvalue weighted by molar-refractivity contribution is 0.626. The molecule has 2 rings (SSSR count). The molecule has 0 heterocycles. The summed E-state index contributed by atoms with van der Waals surface area (Å²) in [5.41, 5.74) is 7.56. The van der Waals surface area contributed by atoms with Crippen LogP contribution in [0.5, 0.6) is 0 Å². The molecule has 0 saturated carbocycles. The Balaban J connectivity index is 2.25. The van der Waals surface area contributed by atoms with Gasteiger partial charge in [-0.2, -0.15) is 0 Å². The Morgan fingerprint density at radius 1 is 1.26 bits per heavy atom. The summed E-state index contributed by atoms with van der Waals surface area (Å²) in [5, 5.41) is 3.41. The van der Waals surface area contributed by atoms with Crippen LogP contribution in [0.2, 0.25) is 5.02 Å². The van der Waals surface area contributed by atoms with Crippen LogP contribution in [0.4, 0.5) is 10.1 Å². The van der Waals surface area contributed by atoms with Crippen LogP contribution in [0, 0.1) is 5.82 Å². The van der Waals surface area contributed by atoms with Gasteiger partial charge in [0.05, 0.1) is 11.1 Å². The number of hydrogen-bond donors (Lipinski definition) is 2. The minimum Gasteiger partial charge on any atom is -0.376 e. The van der Waals surface area contributed by atoms with Gasteiger partial charge < -0.3 is 11.1 Å². The smallest absolute Gasteiger partial charge is 0.141 e. The van der Waals surface area contributed by atoms with Gasteiger partial charge in [0, 0.05) is 16.7 Å². The molecule has 0 bridgehead atoms. The van der Waals surface area contributed by atoms with Crippen LogP contribution in [0.15, 0.2) is 46.9 Å². The van der Waals surface area contributed by atoms with Crippen LogP contribution in [-0.4, -0.2) is 6.54 Å². The molecule has 19 heavy (non-hydrogen) atoms. The van der Waals surface area contributed by atoms with Crippen molar-refractivity contribution >= 4 is 33.2 Å². The topological polar surface area (TPSA) is 38.0 Å². The molecule has 2 aromatic carbocycles. The summed E-state index contributed by atoms with van der Waals surface area (Å²) in [4.78, 5) is 0. The molecule has 3 N–H and O–H groups in total. The number of rotatable bonds is 4. The molecule has 0 radical (unpaired) electrons. The molecule has 5 heteroatoms. The zero-order valence-corrected chi connectivity index (χ0v) is 12.4. The first-order valence-corrected chi connectivity index (χ1v) is 6.95. The van der Waals surface area contributed by atoms with Gasteiger partial charge in [0.2, 0.25) is 0 Å². The van der Waals surface area contributed by atoms with Crippen LogP contribution < -0.4 is 11.1 Å². The molecule has 0 aliphatic carbocycles. The zero-order valence-electron chi connectivity index (χ0n) is 10.0. The fraction of sp³-hybridized carbons (Fsp3) is 0.143. The van der Waals surface area contributed by atoms with Gasteiger partial charge in [-0.05, 0) is 45.8 Å². The summed E-state index contributed by atoms with van der Waals surface area (Å²) in [6.07, 6.45) is 0. The van der Waals surface area contributed by atoms with Crippen molar-refractivity contribution in [3.8, 4) is 0 Å². The zero-order chi connectivity index (χ0) is 13.8. The van der Waals surface area contributed by atoms with Gasteiger partial charge in [0.25, 0.3) is 0 Å². The Kier molecular flexibility index (Phi) is 4.80. The van der Waals surface area contributed by atoms with E-state index in [0.29, 0.717) is 6.54 Å². The highest BCUT2D eigenvalue weighted by molar-refractivity contribution is 9.10. The Morgan fingerprint density at radius 3 is 2.63 bits per heavy atom. The van der Waals surface area contributed by atoms with E-state index in [2.05, 4.69) is 21.2 Å². The Morgan fingerprint density at radius 2 is 2.00 bits per heavy atom. The van der Waals surface area contributed by atoms with Crippen LogP contribution in [-0.2, 0) is 0 Å². The Hall–Kier alpha value is -1.10. The number of benzene rings is 2. The number of halogens is 3. The van der Waals surface area contributed by atoms with Crippen molar-refractivity contribution in [3.63, 3.8) is 0 Å². The minimum absolute atomic E-state index is 0.102. The van der Waals surface area contributed by atoms with Crippen molar-refractivity contribution in [2.45, 2.75) is 6.04 Å². The van der Waals surface area contributed by atoms with Crippen molar-refractivity contribution in [1.82, 2.24) is 0 Å². The predicted molar refractivity (Wildman–Crippen MR) is 81.0 cm³/mol. The molecule has 0 fully saturated rings. The third-order valence-electron chi connectivity index (χ3n) is 2.79. The average Bonchev–Trinajstić information content (AvgIpc) is 2.41. The highest BCUT2D eigenvalue weighted by atomic mass is 79.9. The molecule has 0 amide bonds. The fourth-order valence-electron chi connectivity index (χ4n) is 1.77. The Labute approximate surface area is 124 Å². The van der Waals surface area contributed by atoms with E-state index in [1.165, 1.54) is 6.07 Å². The second kappa shape index (κ2) is 6.37. The van der Waals surface area contributed by atoms with Crippen LogP contribution in [0.25, 0.3) is 0 Å². The second-order valence-electron chi connectivity index (χ2n) is 4.09. The van der Waals surface area contributed by atoms with Crippen molar-refractivity contribution in [2.24, 2.45) is 5.73 Å². The van der Waals surface area contributed by atoms with E-state index in [1.54, 1.807) is 12.1 Å². The number of nitrogens with two attached hydrogens (primary N) is 1. The van der Waals surface area contributed by atoms with Gasteiger partial charge in [0.1, 0.15) is 5.82 Å². The quantitative estimate of drug-likeness (QED) is 0.866. The number of anilines is 1. The maximum atomic E-state index is 13.2. The fourth-order valence-corrected chi connectivity index (χ4v) is 2.36. The first-order valence-electron chi connectivity index (χ1n) is 5.78. The van der Waals surface area contributed by atoms with E-state index < -0.39 is 5.82 Å². The van der Waals surface area contributed by atoms with E-state index >= 15 is 0 Å². The van der Waals surface area contributed by atoms with Crippen molar-refractivity contribution in [2.75, 3.05) is 11.9 Å². The number of para-hydroxylation sites is 1. The molecule has 0 spiro atoms. The third-order valence-corrected chi connectivity index (χ3v) is 3.77. The van der Waals surface area contributed by atoms with E-state index in [9.17, 15) is 4.39 Å². The summed E-state index contributed by atoms with van der Waals surface area (Å²) in [6.45, 7) is 0.378. The van der Waals surface area contributed by atoms with Crippen LogP contribution in [0.1, 0.15) is 11.6 Å². The number of hydrogen-bond acceptors (Lipinski definition) is 2. The van der Waals surface area contributed by atoms with E-state index in [0.717, 1.165) is 15.7 Å². The van der Waals surface area contributed by atoms with Gasteiger partial charge in [-0.1, -0.05) is 29.8 Å². The van der Waals surface area contributed by atoms with E-state index in [4.69, 9.17) is 17.3 Å². The van der Waals surface area contributed by atoms with Crippen LogP contribution >= 0.6 is 27.5 Å². The van der Waals surface area contributed by atoms with Crippen molar-refractivity contribution in [3.05, 3.63) is 63.3 Å². The molecular weight excluding hydrogens is 331 g/mol. The summed E-state index contributed by atoms with van der Waals surface area (Å²) < 4.78 is 14.1. The number of nitrogens with one attached hydrogen (secondary N) is 1. The first-order chi connectivity index (χ1) is 9.11. The molecule has 2 aromatic rings. The second-order valence-corrected chi connectivity index (χ2v) is 5.35. The summed E-state index contributed by atoms with van der Waals surface area (Å²) in [5.74, 6) is -0.429. The molecule has 0 saturated heterocycles. The summed E-state index contributed by atoms with van der Waals surface area (Å²) >= 11 is 9.26. The molecular formula is C14H13BrClFN2. The molecule has 100 valence electrons. The van der Waals surface area contributed by atoms with Gasteiger partial charge in [-0.3, -0.25) is 0 Å². The standard InChI is InChI=1S/C14H13BrClFN2/c15-10-3-1-2-4-13(10)19-14(8-18)9-5-6-12(17)11(16)7-9/h1-7,14,19H,8,18H2. The van der Waals surface area contributed by atoms with Crippen molar-refractivity contribution in [1.29, 1.82) is 0 Å². The van der Waals surface area contributed by atoms with E-state index in [-0.39, 0.29) is 11.1 Å².